The Morgan fingerprint density at radius 1 is 1.07 bits per heavy atom. The van der Waals surface area contributed by atoms with Crippen LogP contribution in [0.5, 0.6) is 0 Å². The lowest BCUT2D eigenvalue weighted by molar-refractivity contribution is -0.384. The van der Waals surface area contributed by atoms with Crippen LogP contribution in [0.25, 0.3) is 0 Å². The summed E-state index contributed by atoms with van der Waals surface area (Å²) in [4.78, 5) is 26.8. The predicted molar refractivity (Wildman–Crippen MR) is 103 cm³/mol. The van der Waals surface area contributed by atoms with Gasteiger partial charge in [0.25, 0.3) is 11.6 Å². The summed E-state index contributed by atoms with van der Waals surface area (Å²) in [7, 11) is 0. The number of nitro groups is 1. The third-order valence-corrected chi connectivity index (χ3v) is 3.84. The summed E-state index contributed by atoms with van der Waals surface area (Å²) < 4.78 is 0. The maximum absolute atomic E-state index is 12.4. The van der Waals surface area contributed by atoms with Gasteiger partial charge in [0.15, 0.2) is 0 Å². The number of benzene rings is 2. The number of carbonyl (C=O) groups excluding carboxylic acids is 1. The predicted octanol–water partition coefficient (Wildman–Crippen LogP) is 4.30. The first-order valence-corrected chi connectivity index (χ1v) is 8.19. The van der Waals surface area contributed by atoms with Crippen molar-refractivity contribution in [2.45, 2.75) is 0 Å². The monoisotopic (exact) mass is 377 g/mol. The van der Waals surface area contributed by atoms with Crippen LogP contribution >= 0.6 is 11.6 Å². The molecule has 0 spiro atoms. The van der Waals surface area contributed by atoms with Gasteiger partial charge in [0.05, 0.1) is 4.92 Å². The lowest BCUT2D eigenvalue weighted by Crippen LogP contribution is -2.12. The Labute approximate surface area is 160 Å². The Balaban J connectivity index is 1.79. The zero-order chi connectivity index (χ0) is 19.2. The van der Waals surface area contributed by atoms with Crippen molar-refractivity contribution < 1.29 is 9.72 Å². The highest BCUT2D eigenvalue weighted by atomic mass is 35.5. The van der Waals surface area contributed by atoms with Gasteiger partial charge in [0.1, 0.15) is 10.7 Å². The molecule has 3 rings (SSSR count). The number of rotatable bonds is 3. The minimum absolute atomic E-state index is 0.0247. The van der Waals surface area contributed by atoms with Gasteiger partial charge >= 0.3 is 0 Å². The number of pyridine rings is 1. The zero-order valence-corrected chi connectivity index (χ0v) is 14.6. The van der Waals surface area contributed by atoms with Crippen LogP contribution in [0.4, 0.5) is 11.4 Å². The lowest BCUT2D eigenvalue weighted by atomic mass is 10.1. The van der Waals surface area contributed by atoms with E-state index in [2.05, 4.69) is 22.1 Å². The average molecular weight is 378 g/mol. The van der Waals surface area contributed by atoms with Crippen LogP contribution in [-0.2, 0) is 0 Å². The van der Waals surface area contributed by atoms with Crippen LogP contribution in [0.3, 0.4) is 0 Å². The molecule has 2 aromatic carbocycles. The van der Waals surface area contributed by atoms with E-state index in [-0.39, 0.29) is 16.3 Å². The molecule has 0 aliphatic heterocycles. The standard InChI is InChI=1S/C20H12ClN3O3/c21-18-10-8-15(13-19(18)24(26)27)20(25)23-17-6-3-4-14(12-17)7-9-16-5-1-2-11-22-16/h1-6,8,10-13H,(H,23,25). The van der Waals surface area contributed by atoms with E-state index in [1.165, 1.54) is 12.1 Å². The first kappa shape index (κ1) is 18.1. The van der Waals surface area contributed by atoms with Crippen molar-refractivity contribution in [2.75, 3.05) is 5.32 Å². The summed E-state index contributed by atoms with van der Waals surface area (Å²) in [6, 6.07) is 16.3. The molecule has 1 aromatic heterocycles. The van der Waals surface area contributed by atoms with Crippen LogP contribution in [0.15, 0.2) is 66.9 Å². The van der Waals surface area contributed by atoms with E-state index >= 15 is 0 Å². The van der Waals surface area contributed by atoms with Crippen molar-refractivity contribution in [1.82, 2.24) is 4.98 Å². The average Bonchev–Trinajstić information content (AvgIpc) is 2.67. The molecule has 1 heterocycles. The lowest BCUT2D eigenvalue weighted by Gasteiger charge is -2.06. The minimum atomic E-state index is -0.632. The topological polar surface area (TPSA) is 85.1 Å². The normalized spacial score (nSPS) is 9.81. The molecule has 3 aromatic rings. The number of halogens is 1. The summed E-state index contributed by atoms with van der Waals surface area (Å²) in [5.74, 6) is 5.43. The number of nitrogens with zero attached hydrogens (tertiary/aromatic N) is 2. The minimum Gasteiger partial charge on any atom is -0.322 e. The Hall–Kier alpha value is -3.69. The third-order valence-electron chi connectivity index (χ3n) is 3.53. The second-order valence-corrected chi connectivity index (χ2v) is 5.83. The molecule has 132 valence electrons. The molecule has 0 unspecified atom stereocenters. The molecule has 6 nitrogen and oxygen atoms in total. The van der Waals surface area contributed by atoms with E-state index < -0.39 is 10.8 Å². The number of hydrogen-bond acceptors (Lipinski definition) is 4. The number of aromatic nitrogens is 1. The molecule has 0 fully saturated rings. The Kier molecular flexibility index (Phi) is 5.45. The number of carbonyl (C=O) groups is 1. The van der Waals surface area contributed by atoms with Gasteiger partial charge in [-0.05, 0) is 48.4 Å². The number of anilines is 1. The van der Waals surface area contributed by atoms with Crippen molar-refractivity contribution in [1.29, 1.82) is 0 Å². The fraction of sp³-hybridized carbons (Fsp3) is 0. The summed E-state index contributed by atoms with van der Waals surface area (Å²) in [6.45, 7) is 0. The van der Waals surface area contributed by atoms with E-state index in [9.17, 15) is 14.9 Å². The van der Waals surface area contributed by atoms with Crippen LogP contribution in [0, 0.1) is 22.0 Å². The van der Waals surface area contributed by atoms with E-state index in [1.807, 2.05) is 12.1 Å². The zero-order valence-electron chi connectivity index (χ0n) is 13.8. The molecule has 1 amide bonds. The largest absolute Gasteiger partial charge is 0.322 e. The fourth-order valence-corrected chi connectivity index (χ4v) is 2.43. The summed E-state index contributed by atoms with van der Waals surface area (Å²) >= 11 is 5.77. The molecule has 0 bridgehead atoms. The van der Waals surface area contributed by atoms with Gasteiger partial charge in [-0.15, -0.1) is 0 Å². The third kappa shape index (κ3) is 4.69. The quantitative estimate of drug-likeness (QED) is 0.419. The maximum Gasteiger partial charge on any atom is 0.288 e. The SMILES string of the molecule is O=C(Nc1cccc(C#Cc2ccccn2)c1)c1ccc(Cl)c([N+](=O)[O-])c1. The molecule has 0 aliphatic rings. The molecular formula is C20H12ClN3O3. The smallest absolute Gasteiger partial charge is 0.288 e. The molecule has 7 heteroatoms. The number of hydrogen-bond donors (Lipinski definition) is 1. The highest BCUT2D eigenvalue weighted by molar-refractivity contribution is 6.32. The number of nitrogens with one attached hydrogen (secondary N) is 1. The first-order valence-electron chi connectivity index (χ1n) is 7.81. The van der Waals surface area contributed by atoms with Gasteiger partial charge in [-0.2, -0.15) is 0 Å². The first-order chi connectivity index (χ1) is 13.0. The number of amides is 1. The van der Waals surface area contributed by atoms with E-state index in [0.717, 1.165) is 6.07 Å². The molecule has 1 N–H and O–H groups in total. The van der Waals surface area contributed by atoms with Crippen LogP contribution in [0.2, 0.25) is 5.02 Å². The fourth-order valence-electron chi connectivity index (χ4n) is 2.24. The van der Waals surface area contributed by atoms with Crippen molar-refractivity contribution in [3.8, 4) is 11.8 Å². The molecule has 0 saturated carbocycles. The Morgan fingerprint density at radius 2 is 1.93 bits per heavy atom. The van der Waals surface area contributed by atoms with Crippen molar-refractivity contribution >= 4 is 28.9 Å². The van der Waals surface area contributed by atoms with Gasteiger partial charge in [-0.1, -0.05) is 29.7 Å². The Bertz CT molecular complexity index is 1070. The van der Waals surface area contributed by atoms with Gasteiger partial charge in [0, 0.05) is 29.1 Å². The Morgan fingerprint density at radius 3 is 2.67 bits per heavy atom. The van der Waals surface area contributed by atoms with Crippen molar-refractivity contribution in [3.05, 3.63) is 98.8 Å². The highest BCUT2D eigenvalue weighted by Crippen LogP contribution is 2.25. The number of nitro benzene ring substituents is 1. The van der Waals surface area contributed by atoms with Gasteiger partial charge in [-0.25, -0.2) is 4.98 Å². The second-order valence-electron chi connectivity index (χ2n) is 5.42. The summed E-state index contributed by atoms with van der Waals surface area (Å²) in [5, 5.41) is 13.6. The van der Waals surface area contributed by atoms with Crippen LogP contribution in [-0.4, -0.2) is 15.8 Å². The van der Waals surface area contributed by atoms with E-state index in [4.69, 9.17) is 11.6 Å². The molecular weight excluding hydrogens is 366 g/mol. The summed E-state index contributed by atoms with van der Waals surface area (Å²) in [6.07, 6.45) is 1.66. The summed E-state index contributed by atoms with van der Waals surface area (Å²) in [5.41, 5.74) is 1.67. The maximum atomic E-state index is 12.4. The highest BCUT2D eigenvalue weighted by Gasteiger charge is 2.16. The molecule has 0 aliphatic carbocycles. The second kappa shape index (κ2) is 8.13. The van der Waals surface area contributed by atoms with Gasteiger partial charge in [-0.3, -0.25) is 14.9 Å². The van der Waals surface area contributed by atoms with Gasteiger partial charge in [0.2, 0.25) is 0 Å². The van der Waals surface area contributed by atoms with Gasteiger partial charge < -0.3 is 5.32 Å². The molecule has 0 saturated heterocycles. The van der Waals surface area contributed by atoms with E-state index in [0.29, 0.717) is 16.9 Å². The molecule has 27 heavy (non-hydrogen) atoms. The van der Waals surface area contributed by atoms with Crippen molar-refractivity contribution in [3.63, 3.8) is 0 Å². The van der Waals surface area contributed by atoms with Crippen molar-refractivity contribution in [2.24, 2.45) is 0 Å². The van der Waals surface area contributed by atoms with E-state index in [1.54, 1.807) is 36.5 Å². The molecule has 0 radical (unpaired) electrons. The molecule has 0 atom stereocenters. The van der Waals surface area contributed by atoms with Crippen LogP contribution in [0.1, 0.15) is 21.6 Å². The van der Waals surface area contributed by atoms with Crippen LogP contribution < -0.4 is 5.32 Å².